The Hall–Kier alpha value is -3.47. The van der Waals surface area contributed by atoms with Gasteiger partial charge in [0, 0.05) is 21.9 Å². The van der Waals surface area contributed by atoms with Crippen LogP contribution in [0.2, 0.25) is 0 Å². The summed E-state index contributed by atoms with van der Waals surface area (Å²) >= 11 is 0. The van der Waals surface area contributed by atoms with Crippen LogP contribution in [-0.4, -0.2) is 29.4 Å². The molecule has 0 aliphatic rings. The van der Waals surface area contributed by atoms with Crippen LogP contribution in [0.15, 0.2) is 54.6 Å². The lowest BCUT2D eigenvalue weighted by Gasteiger charge is -2.14. The molecule has 0 unspecified atom stereocenters. The predicted octanol–water partition coefficient (Wildman–Crippen LogP) is 4.98. The molecule has 0 saturated heterocycles. The number of para-hydroxylation sites is 2. The number of fused-ring (bicyclic) bond motifs is 3. The highest BCUT2D eigenvalue weighted by Crippen LogP contribution is 2.40. The van der Waals surface area contributed by atoms with Crippen molar-refractivity contribution in [2.75, 3.05) is 13.7 Å². The molecule has 0 aliphatic heterocycles. The Morgan fingerprint density at radius 1 is 1.04 bits per heavy atom. The topological polar surface area (TPSA) is 60.7 Å². The molecule has 1 N–H and O–H groups in total. The molecule has 5 heteroatoms. The molecule has 0 bridgehead atoms. The Morgan fingerprint density at radius 2 is 1.71 bits per heavy atom. The van der Waals surface area contributed by atoms with Crippen LogP contribution in [0.1, 0.15) is 23.0 Å². The first-order valence-corrected chi connectivity index (χ1v) is 9.14. The van der Waals surface area contributed by atoms with Gasteiger partial charge in [-0.1, -0.05) is 36.4 Å². The first kappa shape index (κ1) is 17.9. The zero-order chi connectivity index (χ0) is 19.8. The largest absolute Gasteiger partial charge is 0.507 e. The van der Waals surface area contributed by atoms with Gasteiger partial charge >= 0.3 is 5.97 Å². The summed E-state index contributed by atoms with van der Waals surface area (Å²) in [4.78, 5) is 12.8. The van der Waals surface area contributed by atoms with E-state index in [1.165, 1.54) is 0 Å². The maximum absolute atomic E-state index is 12.8. The van der Waals surface area contributed by atoms with Crippen LogP contribution in [0.25, 0.3) is 27.4 Å². The number of esters is 1. The van der Waals surface area contributed by atoms with Crippen molar-refractivity contribution in [3.63, 3.8) is 0 Å². The molecule has 4 rings (SSSR count). The van der Waals surface area contributed by atoms with Crippen molar-refractivity contribution >= 4 is 27.6 Å². The van der Waals surface area contributed by atoms with E-state index in [1.54, 1.807) is 20.1 Å². The summed E-state index contributed by atoms with van der Waals surface area (Å²) in [7, 11) is 1.62. The molecule has 1 heterocycles. The van der Waals surface area contributed by atoms with Crippen molar-refractivity contribution in [3.8, 4) is 17.2 Å². The van der Waals surface area contributed by atoms with Crippen LogP contribution in [0.4, 0.5) is 0 Å². The molecular formula is C23H21NO4. The lowest BCUT2D eigenvalue weighted by atomic mass is 10.0. The fourth-order valence-electron chi connectivity index (χ4n) is 3.82. The van der Waals surface area contributed by atoms with E-state index in [0.717, 1.165) is 27.7 Å². The number of rotatable bonds is 4. The van der Waals surface area contributed by atoms with E-state index < -0.39 is 5.97 Å². The number of hydrogen-bond donors (Lipinski definition) is 1. The zero-order valence-corrected chi connectivity index (χ0v) is 16.0. The van der Waals surface area contributed by atoms with Gasteiger partial charge in [0.05, 0.1) is 30.5 Å². The quantitative estimate of drug-likeness (QED) is 0.511. The Balaban J connectivity index is 2.22. The molecule has 1 aromatic heterocycles. The van der Waals surface area contributed by atoms with Gasteiger partial charge in [0.1, 0.15) is 11.5 Å². The molecule has 28 heavy (non-hydrogen) atoms. The predicted molar refractivity (Wildman–Crippen MR) is 110 cm³/mol. The number of aromatic nitrogens is 1. The fraction of sp³-hybridized carbons (Fsp3) is 0.174. The molecule has 3 aromatic carbocycles. The third-order valence-electron chi connectivity index (χ3n) is 4.99. The van der Waals surface area contributed by atoms with Gasteiger partial charge in [-0.3, -0.25) is 0 Å². The first-order valence-electron chi connectivity index (χ1n) is 9.14. The lowest BCUT2D eigenvalue weighted by Crippen LogP contribution is -2.07. The molecule has 0 amide bonds. The number of nitrogens with zero attached hydrogens (tertiary/aromatic N) is 1. The normalized spacial score (nSPS) is 11.1. The molecular weight excluding hydrogens is 354 g/mol. The van der Waals surface area contributed by atoms with Gasteiger partial charge < -0.3 is 19.1 Å². The zero-order valence-electron chi connectivity index (χ0n) is 16.0. The van der Waals surface area contributed by atoms with Crippen LogP contribution >= 0.6 is 0 Å². The van der Waals surface area contributed by atoms with Crippen LogP contribution < -0.4 is 4.74 Å². The molecule has 5 nitrogen and oxygen atoms in total. The number of phenols is 1. The smallest absolute Gasteiger partial charge is 0.340 e. The summed E-state index contributed by atoms with van der Waals surface area (Å²) in [5, 5.41) is 12.8. The number of carbonyl (C=O) groups is 1. The van der Waals surface area contributed by atoms with Crippen LogP contribution in [0.3, 0.4) is 0 Å². The minimum absolute atomic E-state index is 0.130. The molecule has 0 fully saturated rings. The van der Waals surface area contributed by atoms with Gasteiger partial charge in [-0.05, 0) is 32.0 Å². The third-order valence-corrected chi connectivity index (χ3v) is 4.99. The Bertz CT molecular complexity index is 1210. The molecule has 142 valence electrons. The molecule has 0 spiro atoms. The Labute approximate surface area is 162 Å². The number of carbonyl (C=O) groups excluding carboxylic acids is 1. The van der Waals surface area contributed by atoms with E-state index in [0.29, 0.717) is 16.7 Å². The molecule has 0 saturated carbocycles. The molecule has 0 aliphatic carbocycles. The number of benzene rings is 3. The highest BCUT2D eigenvalue weighted by atomic mass is 16.5. The average Bonchev–Trinajstić information content (AvgIpc) is 3.00. The van der Waals surface area contributed by atoms with E-state index >= 15 is 0 Å². The van der Waals surface area contributed by atoms with Crippen LogP contribution in [0.5, 0.6) is 11.5 Å². The van der Waals surface area contributed by atoms with E-state index in [2.05, 4.69) is 0 Å². The third kappa shape index (κ3) is 2.59. The number of phenolic OH excluding ortho intramolecular Hbond substituents is 1. The molecule has 0 radical (unpaired) electrons. The molecule has 0 atom stereocenters. The van der Waals surface area contributed by atoms with Crippen molar-refractivity contribution < 1.29 is 19.4 Å². The summed E-state index contributed by atoms with van der Waals surface area (Å²) in [6.45, 7) is 3.93. The minimum atomic E-state index is -0.409. The van der Waals surface area contributed by atoms with E-state index in [1.807, 2.05) is 60.0 Å². The Morgan fingerprint density at radius 3 is 2.43 bits per heavy atom. The monoisotopic (exact) mass is 375 g/mol. The van der Waals surface area contributed by atoms with Gasteiger partial charge in [0.25, 0.3) is 0 Å². The summed E-state index contributed by atoms with van der Waals surface area (Å²) in [6.07, 6.45) is 0. The minimum Gasteiger partial charge on any atom is -0.507 e. The Kier molecular flexibility index (Phi) is 4.43. The first-order chi connectivity index (χ1) is 13.6. The SMILES string of the molecule is CCOC(=O)c1c(C)n(-c2ccccc2OC)c2c1cc(O)c1ccccc12. The number of aromatic hydroxyl groups is 1. The van der Waals surface area contributed by atoms with Gasteiger partial charge in [0.2, 0.25) is 0 Å². The van der Waals surface area contributed by atoms with Crippen molar-refractivity contribution in [2.45, 2.75) is 13.8 Å². The second kappa shape index (κ2) is 6.93. The van der Waals surface area contributed by atoms with E-state index in [-0.39, 0.29) is 12.4 Å². The van der Waals surface area contributed by atoms with E-state index in [4.69, 9.17) is 9.47 Å². The highest BCUT2D eigenvalue weighted by Gasteiger charge is 2.25. The second-order valence-electron chi connectivity index (χ2n) is 6.53. The second-order valence-corrected chi connectivity index (χ2v) is 6.53. The molecule has 4 aromatic rings. The van der Waals surface area contributed by atoms with Gasteiger partial charge in [-0.15, -0.1) is 0 Å². The average molecular weight is 375 g/mol. The number of hydrogen-bond acceptors (Lipinski definition) is 4. The van der Waals surface area contributed by atoms with Gasteiger partial charge in [-0.25, -0.2) is 4.79 Å². The number of ether oxygens (including phenoxy) is 2. The van der Waals surface area contributed by atoms with Crippen LogP contribution in [0, 0.1) is 6.92 Å². The summed E-state index contributed by atoms with van der Waals surface area (Å²) in [5.74, 6) is 0.411. The van der Waals surface area contributed by atoms with Crippen molar-refractivity contribution in [1.29, 1.82) is 0 Å². The maximum atomic E-state index is 12.8. The lowest BCUT2D eigenvalue weighted by molar-refractivity contribution is 0.0527. The van der Waals surface area contributed by atoms with Gasteiger partial charge in [0.15, 0.2) is 0 Å². The standard InChI is InChI=1S/C23H21NO4/c1-4-28-23(26)21-14(2)24(18-11-7-8-12-20(18)27-3)22-16-10-6-5-9-15(16)19(25)13-17(21)22/h5-13,25H,4H2,1-3H3. The summed E-state index contributed by atoms with van der Waals surface area (Å²) in [6, 6.07) is 16.9. The van der Waals surface area contributed by atoms with Gasteiger partial charge in [-0.2, -0.15) is 0 Å². The fourth-order valence-corrected chi connectivity index (χ4v) is 3.82. The highest BCUT2D eigenvalue weighted by molar-refractivity contribution is 6.16. The van der Waals surface area contributed by atoms with Crippen molar-refractivity contribution in [3.05, 3.63) is 65.9 Å². The summed E-state index contributed by atoms with van der Waals surface area (Å²) in [5.41, 5.74) is 2.83. The summed E-state index contributed by atoms with van der Waals surface area (Å²) < 4.78 is 12.9. The van der Waals surface area contributed by atoms with Crippen molar-refractivity contribution in [1.82, 2.24) is 4.57 Å². The number of methoxy groups -OCH3 is 1. The van der Waals surface area contributed by atoms with E-state index in [9.17, 15) is 9.90 Å². The van der Waals surface area contributed by atoms with Crippen molar-refractivity contribution in [2.24, 2.45) is 0 Å². The maximum Gasteiger partial charge on any atom is 0.340 e. The van der Waals surface area contributed by atoms with Crippen LogP contribution in [-0.2, 0) is 4.74 Å².